The molecule has 0 aromatic carbocycles. The molecule has 0 saturated heterocycles. The third-order valence-corrected chi connectivity index (χ3v) is 4.43. The Hall–Kier alpha value is -0.710. The monoisotopic (exact) mass is 423 g/mol. The first-order chi connectivity index (χ1) is 10.6. The first kappa shape index (κ1) is 18.6. The summed E-state index contributed by atoms with van der Waals surface area (Å²) in [5.41, 5.74) is 5.08. The van der Waals surface area contributed by atoms with Crippen molar-refractivity contribution < 1.29 is 14.4 Å². The summed E-state index contributed by atoms with van der Waals surface area (Å²) in [6.45, 7) is 1.23. The molecule has 2 heterocycles. The Labute approximate surface area is 150 Å². The van der Waals surface area contributed by atoms with Gasteiger partial charge in [-0.2, -0.15) is 0 Å². The summed E-state index contributed by atoms with van der Waals surface area (Å²) in [4.78, 5) is 19.0. The molecule has 0 saturated carbocycles. The van der Waals surface area contributed by atoms with E-state index in [1.807, 2.05) is 0 Å². The first-order valence-corrected chi connectivity index (χ1v) is 8.97. The number of hydrazone groups is 2. The van der Waals surface area contributed by atoms with Crippen molar-refractivity contribution in [3.05, 3.63) is 22.5 Å². The van der Waals surface area contributed by atoms with Crippen molar-refractivity contribution in [3.63, 3.8) is 0 Å². The zero-order chi connectivity index (χ0) is 17.4. The van der Waals surface area contributed by atoms with Crippen LogP contribution in [0.3, 0.4) is 0 Å². The molecule has 0 fully saturated rings. The molecule has 2 rings (SSSR count). The van der Waals surface area contributed by atoms with Gasteiger partial charge in [0.15, 0.2) is 16.1 Å². The van der Waals surface area contributed by atoms with Gasteiger partial charge in [-0.3, -0.25) is 15.4 Å². The van der Waals surface area contributed by atoms with Gasteiger partial charge in [-0.25, -0.2) is 0 Å². The number of nitrogens with one attached hydrogen (secondary N) is 2. The molecule has 4 N–H and O–H groups in total. The summed E-state index contributed by atoms with van der Waals surface area (Å²) < 4.78 is 11.7. The molecule has 0 radical (unpaired) electrons. The average molecular weight is 425 g/mol. The van der Waals surface area contributed by atoms with Crippen molar-refractivity contribution in [1.82, 2.24) is 26.4 Å². The van der Waals surface area contributed by atoms with Gasteiger partial charge in [0.25, 0.3) is 0 Å². The molecule has 0 aromatic heterocycles. The lowest BCUT2D eigenvalue weighted by atomic mass is 10.6. The predicted octanol–water partition coefficient (Wildman–Crippen LogP) is 1.55. The van der Waals surface area contributed by atoms with Gasteiger partial charge in [0.05, 0.1) is 0 Å². The van der Waals surface area contributed by atoms with E-state index >= 15 is 0 Å². The zero-order valence-electron chi connectivity index (χ0n) is 11.2. The largest absolute Gasteiger partial charge is 0.346 e. The summed E-state index contributed by atoms with van der Waals surface area (Å²) in [5.74, 6) is -1.44. The number of nitrogens with zero attached hydrogens (tertiary/aromatic N) is 5. The Morgan fingerprint density at radius 1 is 1.09 bits per heavy atom. The van der Waals surface area contributed by atoms with Gasteiger partial charge in [0.2, 0.25) is 0 Å². The van der Waals surface area contributed by atoms with Crippen LogP contribution < -0.4 is 10.9 Å². The Balaban J connectivity index is 2.40. The first-order valence-electron chi connectivity index (χ1n) is 5.78. The molecule has 0 amide bonds. The lowest BCUT2D eigenvalue weighted by molar-refractivity contribution is -0.234. The van der Waals surface area contributed by atoms with E-state index in [1.165, 1.54) is 19.1 Å². The standard InChI is InChI=1S/C8H10Cl4N7O3P/c1-4(23(20,21)22)17(18-13-5(9)2-6(10)14-18)19-15-7(11)3-8(12)16-19/h2-4,13,15H,1H3,(H2,20,21,22). The maximum absolute atomic E-state index is 11.7. The fourth-order valence-corrected chi connectivity index (χ4v) is 2.77. The molecular weight excluding hydrogens is 415 g/mol. The second-order valence-electron chi connectivity index (χ2n) is 4.17. The van der Waals surface area contributed by atoms with Crippen LogP contribution >= 0.6 is 54.0 Å². The number of hydrogen-bond donors (Lipinski definition) is 4. The van der Waals surface area contributed by atoms with E-state index in [2.05, 4.69) is 21.1 Å². The molecule has 0 spiro atoms. The Morgan fingerprint density at radius 2 is 1.48 bits per heavy atom. The zero-order valence-corrected chi connectivity index (χ0v) is 15.1. The third-order valence-electron chi connectivity index (χ3n) is 2.49. The molecule has 1 atom stereocenters. The fraction of sp³-hybridized carbons (Fsp3) is 0.250. The van der Waals surface area contributed by atoms with E-state index in [4.69, 9.17) is 46.4 Å². The van der Waals surface area contributed by atoms with Gasteiger partial charge < -0.3 is 9.79 Å². The van der Waals surface area contributed by atoms with E-state index in [0.717, 1.165) is 15.6 Å². The number of halogens is 4. The number of hydrogen-bond acceptors (Lipinski definition) is 8. The quantitative estimate of drug-likeness (QED) is 0.396. The molecule has 2 aliphatic heterocycles. The second-order valence-corrected chi connectivity index (χ2v) is 7.69. The smallest absolute Gasteiger partial charge is 0.323 e. The second kappa shape index (κ2) is 7.04. The van der Waals surface area contributed by atoms with Gasteiger partial charge >= 0.3 is 7.60 Å². The fourth-order valence-electron chi connectivity index (χ4n) is 1.48. The Morgan fingerprint density at radius 3 is 1.78 bits per heavy atom. The van der Waals surface area contributed by atoms with Crippen molar-refractivity contribution in [2.75, 3.05) is 0 Å². The maximum Gasteiger partial charge on any atom is 0.346 e. The van der Waals surface area contributed by atoms with Crippen LogP contribution in [0.15, 0.2) is 32.7 Å². The van der Waals surface area contributed by atoms with Gasteiger partial charge in [-0.15, -0.1) is 20.7 Å². The maximum atomic E-state index is 11.7. The van der Waals surface area contributed by atoms with Crippen LogP contribution in [0.1, 0.15) is 6.92 Å². The van der Waals surface area contributed by atoms with Crippen LogP contribution in [0, 0.1) is 0 Å². The average Bonchev–Trinajstić information content (AvgIpc) is 2.35. The van der Waals surface area contributed by atoms with E-state index in [1.54, 1.807) is 0 Å². The molecule has 128 valence electrons. The summed E-state index contributed by atoms with van der Waals surface area (Å²) in [6.07, 6.45) is 2.60. The predicted molar refractivity (Wildman–Crippen MR) is 87.7 cm³/mol. The van der Waals surface area contributed by atoms with Crippen molar-refractivity contribution in [2.45, 2.75) is 12.7 Å². The molecule has 23 heavy (non-hydrogen) atoms. The van der Waals surface area contributed by atoms with Crippen LogP contribution in [-0.4, -0.2) is 41.5 Å². The van der Waals surface area contributed by atoms with Crippen LogP contribution in [0.5, 0.6) is 0 Å². The highest BCUT2D eigenvalue weighted by Crippen LogP contribution is 2.43. The minimum Gasteiger partial charge on any atom is -0.323 e. The van der Waals surface area contributed by atoms with E-state index < -0.39 is 13.4 Å². The highest BCUT2D eigenvalue weighted by Gasteiger charge is 2.40. The van der Waals surface area contributed by atoms with Crippen molar-refractivity contribution in [2.24, 2.45) is 10.2 Å². The highest BCUT2D eigenvalue weighted by molar-refractivity contribution is 7.52. The summed E-state index contributed by atoms with van der Waals surface area (Å²) in [6, 6.07) is 0. The minimum atomic E-state index is -4.61. The lowest BCUT2D eigenvalue weighted by Crippen LogP contribution is -2.61. The topological polar surface area (TPSA) is 116 Å². The summed E-state index contributed by atoms with van der Waals surface area (Å²) in [7, 11) is -4.61. The van der Waals surface area contributed by atoms with Gasteiger partial charge in [-0.1, -0.05) is 46.4 Å². The van der Waals surface area contributed by atoms with Crippen molar-refractivity contribution >= 4 is 64.3 Å². The summed E-state index contributed by atoms with van der Waals surface area (Å²) >= 11 is 23.3. The molecule has 0 aliphatic carbocycles. The van der Waals surface area contributed by atoms with E-state index in [-0.39, 0.29) is 20.7 Å². The van der Waals surface area contributed by atoms with E-state index in [0.29, 0.717) is 0 Å². The van der Waals surface area contributed by atoms with Crippen LogP contribution in [-0.2, 0) is 4.57 Å². The number of allylic oxidation sites excluding steroid dienone is 2. The van der Waals surface area contributed by atoms with Crippen LogP contribution in [0.25, 0.3) is 0 Å². The molecule has 0 aromatic rings. The highest BCUT2D eigenvalue weighted by atomic mass is 35.5. The van der Waals surface area contributed by atoms with Gasteiger partial charge in [-0.05, 0) is 12.0 Å². The minimum absolute atomic E-state index is 0.0367. The van der Waals surface area contributed by atoms with Gasteiger partial charge in [0.1, 0.15) is 10.3 Å². The number of rotatable bonds is 4. The molecule has 0 bridgehead atoms. The molecular formula is C8H10Cl4N7O3P. The molecule has 2 aliphatic rings. The lowest BCUT2D eigenvalue weighted by Gasteiger charge is -2.42. The normalized spacial score (nSPS) is 20.2. The van der Waals surface area contributed by atoms with Crippen molar-refractivity contribution in [1.29, 1.82) is 0 Å². The Kier molecular flexibility index (Phi) is 5.70. The number of hydrazine groups is 4. The van der Waals surface area contributed by atoms with Gasteiger partial charge in [0, 0.05) is 12.2 Å². The Bertz CT molecular complexity index is 620. The van der Waals surface area contributed by atoms with E-state index in [9.17, 15) is 14.4 Å². The molecule has 1 unspecified atom stereocenters. The third kappa shape index (κ3) is 4.65. The molecule has 10 nitrogen and oxygen atoms in total. The molecule has 15 heteroatoms. The van der Waals surface area contributed by atoms with Crippen molar-refractivity contribution in [3.8, 4) is 0 Å². The van der Waals surface area contributed by atoms with Crippen LogP contribution in [0.4, 0.5) is 0 Å². The SMILES string of the molecule is CC(N(N1N=C(Cl)C=C(Cl)N1)N1N=C(Cl)C=C(Cl)N1)P(=O)(O)O. The van der Waals surface area contributed by atoms with Crippen LogP contribution in [0.2, 0.25) is 0 Å². The summed E-state index contributed by atoms with van der Waals surface area (Å²) in [5, 5.41) is 10.4.